The van der Waals surface area contributed by atoms with Gasteiger partial charge in [0.25, 0.3) is 0 Å². The Bertz CT molecular complexity index is 1340. The summed E-state index contributed by atoms with van der Waals surface area (Å²) in [6, 6.07) is 8.25. The van der Waals surface area contributed by atoms with Gasteiger partial charge in [0, 0.05) is 11.1 Å². The van der Waals surface area contributed by atoms with Crippen LogP contribution in [-0.4, -0.2) is 37.1 Å². The highest BCUT2D eigenvalue weighted by Gasteiger charge is 2.25. The third-order valence-corrected chi connectivity index (χ3v) is 6.28. The van der Waals surface area contributed by atoms with E-state index in [1.165, 1.54) is 22.4 Å². The van der Waals surface area contributed by atoms with Gasteiger partial charge in [0.2, 0.25) is 0 Å². The van der Waals surface area contributed by atoms with E-state index in [-0.39, 0.29) is 0 Å². The Balaban J connectivity index is 1.77. The van der Waals surface area contributed by atoms with Gasteiger partial charge in [-0.1, -0.05) is 12.1 Å². The average Bonchev–Trinajstić information content (AvgIpc) is 3.43. The van der Waals surface area contributed by atoms with Crippen molar-refractivity contribution in [1.29, 1.82) is 0 Å². The molecule has 0 bridgehead atoms. The Labute approximate surface area is 157 Å². The Kier molecular flexibility index (Phi) is 3.01. The molecule has 8 heteroatoms. The number of nitrogens with zero attached hydrogens (tertiary/aromatic N) is 6. The lowest BCUT2D eigenvalue weighted by Gasteiger charge is -2.11. The van der Waals surface area contributed by atoms with Crippen molar-refractivity contribution in [3.05, 3.63) is 41.9 Å². The molecule has 0 unspecified atom stereocenters. The zero-order valence-electron chi connectivity index (χ0n) is 14.5. The zero-order chi connectivity index (χ0) is 18.0. The smallest absolute Gasteiger partial charge is 0.200 e. The fourth-order valence-corrected chi connectivity index (χ4v) is 5.12. The summed E-state index contributed by atoms with van der Waals surface area (Å²) in [6.07, 6.45) is 4.89. The first-order valence-electron chi connectivity index (χ1n) is 8.78. The number of aryl methyl sites for hydroxylation is 1. The lowest BCUT2D eigenvalue weighted by Crippen LogP contribution is -1.95. The van der Waals surface area contributed by atoms with Crippen LogP contribution in [0.4, 0.5) is 0 Å². The lowest BCUT2D eigenvalue weighted by molar-refractivity contribution is 0.415. The summed E-state index contributed by atoms with van der Waals surface area (Å²) in [5, 5.41) is 13.0. The maximum atomic E-state index is 5.33. The molecule has 4 heterocycles. The summed E-state index contributed by atoms with van der Waals surface area (Å²) in [5.74, 6) is 0.852. The normalized spacial score (nSPS) is 13.7. The first-order valence-corrected chi connectivity index (χ1v) is 9.60. The third-order valence-electron chi connectivity index (χ3n) is 5.21. The minimum atomic E-state index is 0.726. The molecule has 0 saturated heterocycles. The molecule has 0 N–H and O–H groups in total. The molecule has 132 valence electrons. The van der Waals surface area contributed by atoms with Crippen LogP contribution in [0.3, 0.4) is 0 Å². The van der Waals surface area contributed by atoms with Gasteiger partial charge < -0.3 is 4.74 Å². The third kappa shape index (κ3) is 2.04. The van der Waals surface area contributed by atoms with Gasteiger partial charge in [-0.2, -0.15) is 4.52 Å². The summed E-state index contributed by atoms with van der Waals surface area (Å²) >= 11 is 1.62. The molecule has 7 nitrogen and oxygen atoms in total. The predicted octanol–water partition coefficient (Wildman–Crippen LogP) is 3.45. The van der Waals surface area contributed by atoms with E-state index in [1.54, 1.807) is 29.3 Å². The van der Waals surface area contributed by atoms with Crippen LogP contribution >= 0.6 is 11.3 Å². The number of hydrogen-bond donors (Lipinski definition) is 0. The molecule has 27 heavy (non-hydrogen) atoms. The van der Waals surface area contributed by atoms with Gasteiger partial charge in [-0.05, 0) is 58.5 Å². The van der Waals surface area contributed by atoms with Crippen LogP contribution in [0.2, 0.25) is 0 Å². The van der Waals surface area contributed by atoms with Gasteiger partial charge in [0.05, 0.1) is 12.6 Å². The van der Waals surface area contributed by atoms with Gasteiger partial charge in [-0.3, -0.25) is 0 Å². The molecule has 5 aromatic rings. The molecule has 1 aromatic carbocycles. The molecule has 4 aromatic heterocycles. The van der Waals surface area contributed by atoms with E-state index in [0.29, 0.717) is 0 Å². The maximum Gasteiger partial charge on any atom is 0.200 e. The molecular weight excluding hydrogens is 360 g/mol. The summed E-state index contributed by atoms with van der Waals surface area (Å²) < 4.78 is 7.92. The minimum absolute atomic E-state index is 0.726. The molecule has 0 spiro atoms. The molecule has 0 radical (unpaired) electrons. The minimum Gasteiger partial charge on any atom is -0.497 e. The van der Waals surface area contributed by atoms with Crippen molar-refractivity contribution in [1.82, 2.24) is 30.0 Å². The topological polar surface area (TPSA) is 78.1 Å². The molecule has 0 fully saturated rings. The molecule has 0 aliphatic heterocycles. The molecule has 0 saturated carbocycles. The molecule has 1 aliphatic rings. The number of methoxy groups -OCH3 is 1. The number of pyridine rings is 1. The number of rotatable bonds is 2. The van der Waals surface area contributed by atoms with Gasteiger partial charge in [0.1, 0.15) is 21.6 Å². The van der Waals surface area contributed by atoms with Crippen molar-refractivity contribution < 1.29 is 4.74 Å². The summed E-state index contributed by atoms with van der Waals surface area (Å²) in [4.78, 5) is 10.7. The van der Waals surface area contributed by atoms with E-state index in [0.717, 1.165) is 51.1 Å². The van der Waals surface area contributed by atoms with Gasteiger partial charge >= 0.3 is 0 Å². The van der Waals surface area contributed by atoms with Gasteiger partial charge in [-0.15, -0.1) is 16.4 Å². The fourth-order valence-electron chi connectivity index (χ4n) is 3.99. The van der Waals surface area contributed by atoms with Crippen molar-refractivity contribution in [2.45, 2.75) is 19.3 Å². The molecule has 6 rings (SSSR count). The fraction of sp³-hybridized carbons (Fsp3) is 0.211. The largest absolute Gasteiger partial charge is 0.497 e. The van der Waals surface area contributed by atoms with E-state index in [9.17, 15) is 0 Å². The van der Waals surface area contributed by atoms with Crippen LogP contribution in [0.1, 0.15) is 17.7 Å². The Morgan fingerprint density at radius 1 is 1.15 bits per heavy atom. The van der Waals surface area contributed by atoms with Crippen molar-refractivity contribution in [2.24, 2.45) is 0 Å². The maximum absolute atomic E-state index is 5.33. The van der Waals surface area contributed by atoms with Crippen LogP contribution in [0.15, 0.2) is 30.6 Å². The average molecular weight is 374 g/mol. The number of fused-ring (bicyclic) bond motifs is 6. The number of tetrazole rings is 1. The quantitative estimate of drug-likeness (QED) is 0.471. The highest BCUT2D eigenvalue weighted by atomic mass is 32.1. The number of aromatic nitrogens is 6. The van der Waals surface area contributed by atoms with Crippen LogP contribution in [0.25, 0.3) is 37.2 Å². The molecule has 0 amide bonds. The van der Waals surface area contributed by atoms with E-state index >= 15 is 0 Å². The van der Waals surface area contributed by atoms with Gasteiger partial charge in [-0.25, -0.2) is 9.97 Å². The Morgan fingerprint density at radius 2 is 2.04 bits per heavy atom. The summed E-state index contributed by atoms with van der Waals surface area (Å²) in [6.45, 7) is 0. The second kappa shape index (κ2) is 5.43. The summed E-state index contributed by atoms with van der Waals surface area (Å²) in [5.41, 5.74) is 6.60. The lowest BCUT2D eigenvalue weighted by atomic mass is 9.96. The number of hydrogen-bond acceptors (Lipinski definition) is 7. The van der Waals surface area contributed by atoms with Crippen LogP contribution in [-0.2, 0) is 12.8 Å². The Hall–Kier alpha value is -3.13. The van der Waals surface area contributed by atoms with Crippen LogP contribution in [0, 0.1) is 0 Å². The number of benzene rings is 1. The highest BCUT2D eigenvalue weighted by Crippen LogP contribution is 2.44. The van der Waals surface area contributed by atoms with Crippen molar-refractivity contribution >= 4 is 37.4 Å². The highest BCUT2D eigenvalue weighted by molar-refractivity contribution is 7.26. The van der Waals surface area contributed by atoms with Crippen molar-refractivity contribution in [3.63, 3.8) is 0 Å². The standard InChI is InChI=1S/C19H14N6OS/c1-26-11-7-5-10(6-8-11)14-12-3-2-4-13(12)21-19-15(14)16-17(27-19)18-22-23-24-25(18)9-20-16/h5-9H,2-4H2,1H3. The molecule has 0 atom stereocenters. The van der Waals surface area contributed by atoms with E-state index in [1.807, 2.05) is 12.1 Å². The van der Waals surface area contributed by atoms with Crippen molar-refractivity contribution in [3.8, 4) is 16.9 Å². The number of thiophene rings is 1. The SMILES string of the molecule is COc1ccc(-c2c3c(nc4sc5c(ncn6nnnc56)c24)CCC3)cc1. The van der Waals surface area contributed by atoms with Crippen molar-refractivity contribution in [2.75, 3.05) is 7.11 Å². The van der Waals surface area contributed by atoms with Gasteiger partial charge in [0.15, 0.2) is 5.65 Å². The van der Waals surface area contributed by atoms with Crippen LogP contribution < -0.4 is 4.74 Å². The zero-order valence-corrected chi connectivity index (χ0v) is 15.3. The second-order valence-electron chi connectivity index (χ2n) is 6.65. The van der Waals surface area contributed by atoms with E-state index in [2.05, 4.69) is 32.6 Å². The van der Waals surface area contributed by atoms with E-state index < -0.39 is 0 Å². The van der Waals surface area contributed by atoms with Crippen LogP contribution in [0.5, 0.6) is 5.75 Å². The summed E-state index contributed by atoms with van der Waals surface area (Å²) in [7, 11) is 1.69. The predicted molar refractivity (Wildman–Crippen MR) is 103 cm³/mol. The van der Waals surface area contributed by atoms with E-state index in [4.69, 9.17) is 9.72 Å². The molecular formula is C19H14N6OS. The first kappa shape index (κ1) is 15.0. The monoisotopic (exact) mass is 374 g/mol. The second-order valence-corrected chi connectivity index (χ2v) is 7.64. The number of ether oxygens (including phenoxy) is 1. The Morgan fingerprint density at radius 3 is 2.89 bits per heavy atom. The first-order chi connectivity index (χ1) is 13.3. The molecule has 1 aliphatic carbocycles.